The van der Waals surface area contributed by atoms with Gasteiger partial charge in [-0.3, -0.25) is 9.59 Å². The van der Waals surface area contributed by atoms with Gasteiger partial charge in [-0.25, -0.2) is 4.68 Å². The molecule has 0 unspecified atom stereocenters. The summed E-state index contributed by atoms with van der Waals surface area (Å²) in [6, 6.07) is 29.3. The van der Waals surface area contributed by atoms with Gasteiger partial charge in [-0.1, -0.05) is 84.4 Å². The average molecular weight is 430 g/mol. The van der Waals surface area contributed by atoms with Crippen LogP contribution in [0.4, 0.5) is 0 Å². The Kier molecular flexibility index (Phi) is 6.24. The molecule has 0 fully saturated rings. The molecule has 0 bridgehead atoms. The van der Waals surface area contributed by atoms with Crippen molar-refractivity contribution in [1.29, 1.82) is 0 Å². The average Bonchev–Trinajstić information content (AvgIpc) is 2.81. The maximum Gasteiger partial charge on any atom is 0.267 e. The van der Waals surface area contributed by atoms with E-state index in [0.29, 0.717) is 10.7 Å². The lowest BCUT2D eigenvalue weighted by atomic mass is 9.99. The predicted molar refractivity (Wildman–Crippen MR) is 122 cm³/mol. The van der Waals surface area contributed by atoms with Gasteiger partial charge in [0.25, 0.3) is 5.56 Å². The topological polar surface area (TPSA) is 64.0 Å². The molecule has 31 heavy (non-hydrogen) atoms. The SMILES string of the molecule is O=C(Cn1nc(-c2ccc(Cl)cc2)ccc1=O)NC(c1ccccc1)c1ccccc1. The summed E-state index contributed by atoms with van der Waals surface area (Å²) in [6.07, 6.45) is 0. The number of carbonyl (C=O) groups excluding carboxylic acids is 1. The maximum atomic E-state index is 12.9. The summed E-state index contributed by atoms with van der Waals surface area (Å²) in [5.41, 5.74) is 2.97. The largest absolute Gasteiger partial charge is 0.344 e. The quantitative estimate of drug-likeness (QED) is 0.492. The Morgan fingerprint density at radius 3 is 2.00 bits per heavy atom. The molecule has 0 radical (unpaired) electrons. The molecule has 1 heterocycles. The highest BCUT2D eigenvalue weighted by Gasteiger charge is 2.17. The number of benzene rings is 3. The third-order valence-electron chi connectivity index (χ3n) is 4.87. The number of nitrogens with one attached hydrogen (secondary N) is 1. The van der Waals surface area contributed by atoms with E-state index in [-0.39, 0.29) is 24.1 Å². The van der Waals surface area contributed by atoms with Crippen LogP contribution in [0.25, 0.3) is 11.3 Å². The monoisotopic (exact) mass is 429 g/mol. The number of hydrogen-bond acceptors (Lipinski definition) is 3. The molecule has 1 N–H and O–H groups in total. The van der Waals surface area contributed by atoms with E-state index < -0.39 is 0 Å². The number of carbonyl (C=O) groups is 1. The van der Waals surface area contributed by atoms with Crippen molar-refractivity contribution >= 4 is 17.5 Å². The Hall–Kier alpha value is -3.70. The van der Waals surface area contributed by atoms with Crippen LogP contribution >= 0.6 is 11.6 Å². The van der Waals surface area contributed by atoms with Crippen LogP contribution in [0.15, 0.2) is 102 Å². The van der Waals surface area contributed by atoms with Gasteiger partial charge >= 0.3 is 0 Å². The van der Waals surface area contributed by atoms with E-state index in [0.717, 1.165) is 16.7 Å². The van der Waals surface area contributed by atoms with Crippen molar-refractivity contribution in [3.63, 3.8) is 0 Å². The van der Waals surface area contributed by atoms with E-state index in [4.69, 9.17) is 11.6 Å². The highest BCUT2D eigenvalue weighted by Crippen LogP contribution is 2.22. The van der Waals surface area contributed by atoms with Crippen LogP contribution in [0.3, 0.4) is 0 Å². The molecule has 4 rings (SSSR count). The highest BCUT2D eigenvalue weighted by molar-refractivity contribution is 6.30. The Balaban J connectivity index is 1.58. The van der Waals surface area contributed by atoms with Gasteiger partial charge in [0.15, 0.2) is 0 Å². The van der Waals surface area contributed by atoms with Gasteiger partial charge in [0.2, 0.25) is 5.91 Å². The minimum Gasteiger partial charge on any atom is -0.344 e. The molecule has 0 aliphatic carbocycles. The smallest absolute Gasteiger partial charge is 0.267 e. The Morgan fingerprint density at radius 1 is 0.839 bits per heavy atom. The van der Waals surface area contributed by atoms with Gasteiger partial charge in [0, 0.05) is 16.7 Å². The zero-order valence-corrected chi connectivity index (χ0v) is 17.4. The summed E-state index contributed by atoms with van der Waals surface area (Å²) in [6.45, 7) is -0.184. The lowest BCUT2D eigenvalue weighted by Crippen LogP contribution is -2.36. The number of aromatic nitrogens is 2. The molecular weight excluding hydrogens is 410 g/mol. The Morgan fingerprint density at radius 2 is 1.42 bits per heavy atom. The number of halogens is 1. The van der Waals surface area contributed by atoms with E-state index in [2.05, 4.69) is 10.4 Å². The van der Waals surface area contributed by atoms with Gasteiger partial charge in [-0.15, -0.1) is 0 Å². The van der Waals surface area contributed by atoms with Crippen molar-refractivity contribution in [3.8, 4) is 11.3 Å². The van der Waals surface area contributed by atoms with Crippen molar-refractivity contribution in [2.75, 3.05) is 0 Å². The summed E-state index contributed by atoms with van der Waals surface area (Å²) >= 11 is 5.95. The Bertz CT molecular complexity index is 1180. The van der Waals surface area contributed by atoms with Gasteiger partial charge in [0.05, 0.1) is 11.7 Å². The van der Waals surface area contributed by atoms with Crippen molar-refractivity contribution in [2.24, 2.45) is 0 Å². The third kappa shape index (κ3) is 5.08. The van der Waals surface area contributed by atoms with Crippen LogP contribution in [-0.4, -0.2) is 15.7 Å². The summed E-state index contributed by atoms with van der Waals surface area (Å²) in [7, 11) is 0. The molecule has 5 nitrogen and oxygen atoms in total. The number of nitrogens with zero attached hydrogens (tertiary/aromatic N) is 2. The first-order valence-corrected chi connectivity index (χ1v) is 10.2. The molecule has 154 valence electrons. The van der Waals surface area contributed by atoms with Crippen LogP contribution in [0, 0.1) is 0 Å². The van der Waals surface area contributed by atoms with Crippen LogP contribution in [0.1, 0.15) is 17.2 Å². The first kappa shape index (κ1) is 20.6. The Labute approximate surface area is 184 Å². The van der Waals surface area contributed by atoms with Gasteiger partial charge in [-0.2, -0.15) is 5.10 Å². The van der Waals surface area contributed by atoms with Gasteiger partial charge < -0.3 is 5.32 Å². The minimum atomic E-state index is -0.344. The molecule has 0 aliphatic rings. The molecular formula is C25H20ClN3O2. The molecule has 1 aromatic heterocycles. The molecule has 0 spiro atoms. The van der Waals surface area contributed by atoms with E-state index in [9.17, 15) is 9.59 Å². The molecule has 0 aliphatic heterocycles. The summed E-state index contributed by atoms with van der Waals surface area (Å²) in [5, 5.41) is 8.02. The van der Waals surface area contributed by atoms with Crippen molar-refractivity contribution < 1.29 is 4.79 Å². The third-order valence-corrected chi connectivity index (χ3v) is 5.12. The van der Waals surface area contributed by atoms with Crippen LogP contribution in [0.2, 0.25) is 5.02 Å². The zero-order chi connectivity index (χ0) is 21.6. The maximum absolute atomic E-state index is 12.9. The van der Waals surface area contributed by atoms with Crippen LogP contribution in [0.5, 0.6) is 0 Å². The fourth-order valence-electron chi connectivity index (χ4n) is 3.33. The van der Waals surface area contributed by atoms with E-state index in [1.807, 2.05) is 72.8 Å². The van der Waals surface area contributed by atoms with Gasteiger partial charge in [0.1, 0.15) is 6.54 Å². The zero-order valence-electron chi connectivity index (χ0n) is 16.6. The summed E-state index contributed by atoms with van der Waals surface area (Å²) in [5.74, 6) is -0.305. The van der Waals surface area contributed by atoms with Crippen LogP contribution < -0.4 is 10.9 Å². The number of amides is 1. The standard InChI is InChI=1S/C25H20ClN3O2/c26-21-13-11-18(12-14-21)22-15-16-24(31)29(28-22)17-23(30)27-25(19-7-3-1-4-8-19)20-9-5-2-6-10-20/h1-16,25H,17H2,(H,27,30). The predicted octanol–water partition coefficient (Wildman–Crippen LogP) is 4.47. The van der Waals surface area contributed by atoms with Crippen LogP contribution in [-0.2, 0) is 11.3 Å². The molecule has 1 amide bonds. The first-order chi connectivity index (χ1) is 15.1. The lowest BCUT2D eigenvalue weighted by molar-refractivity contribution is -0.122. The van der Waals surface area contributed by atoms with Gasteiger partial charge in [-0.05, 0) is 29.3 Å². The van der Waals surface area contributed by atoms with Crippen molar-refractivity contribution in [3.05, 3.63) is 124 Å². The molecule has 6 heteroatoms. The molecule has 0 saturated heterocycles. The van der Waals surface area contributed by atoms with E-state index >= 15 is 0 Å². The second-order valence-electron chi connectivity index (χ2n) is 7.04. The molecule has 3 aromatic carbocycles. The second kappa shape index (κ2) is 9.41. The number of hydrogen-bond donors (Lipinski definition) is 1. The molecule has 4 aromatic rings. The van der Waals surface area contributed by atoms with E-state index in [1.165, 1.54) is 10.7 Å². The summed E-state index contributed by atoms with van der Waals surface area (Å²) in [4.78, 5) is 25.2. The van der Waals surface area contributed by atoms with E-state index in [1.54, 1.807) is 18.2 Å². The minimum absolute atomic E-state index is 0.184. The first-order valence-electron chi connectivity index (χ1n) is 9.83. The molecule has 0 atom stereocenters. The molecule has 0 saturated carbocycles. The fourth-order valence-corrected chi connectivity index (χ4v) is 3.46. The lowest BCUT2D eigenvalue weighted by Gasteiger charge is -2.20. The fraction of sp³-hybridized carbons (Fsp3) is 0.0800. The normalized spacial score (nSPS) is 10.8. The number of rotatable bonds is 6. The van der Waals surface area contributed by atoms with Crippen molar-refractivity contribution in [2.45, 2.75) is 12.6 Å². The van der Waals surface area contributed by atoms with Crippen molar-refractivity contribution in [1.82, 2.24) is 15.1 Å². The highest BCUT2D eigenvalue weighted by atomic mass is 35.5. The summed E-state index contributed by atoms with van der Waals surface area (Å²) < 4.78 is 1.17. The second-order valence-corrected chi connectivity index (χ2v) is 7.48.